The summed E-state index contributed by atoms with van der Waals surface area (Å²) in [5.74, 6) is -0.221. The molecule has 0 aliphatic heterocycles. The molecule has 1 N–H and O–H groups in total. The first-order valence-electron chi connectivity index (χ1n) is 10.2. The van der Waals surface area contributed by atoms with Crippen LogP contribution in [0.1, 0.15) is 23.6 Å². The molecule has 9 heteroatoms. The summed E-state index contributed by atoms with van der Waals surface area (Å²) in [5, 5.41) is 2.55. The minimum atomic E-state index is -3.75. The predicted octanol–water partition coefficient (Wildman–Crippen LogP) is 2.24. The Morgan fingerprint density at radius 3 is 2.34 bits per heavy atom. The zero-order valence-electron chi connectivity index (χ0n) is 19.4. The van der Waals surface area contributed by atoms with Gasteiger partial charge in [0.25, 0.3) is 0 Å². The molecule has 0 saturated carbocycles. The Labute approximate surface area is 190 Å². The van der Waals surface area contributed by atoms with E-state index in [-0.39, 0.29) is 12.5 Å². The Hall–Kier alpha value is -3.07. The van der Waals surface area contributed by atoms with Gasteiger partial charge in [0.05, 0.1) is 19.1 Å². The molecule has 0 aliphatic rings. The van der Waals surface area contributed by atoms with Gasteiger partial charge in [0.2, 0.25) is 21.8 Å². The van der Waals surface area contributed by atoms with Crippen molar-refractivity contribution < 1.29 is 22.7 Å². The fourth-order valence-electron chi connectivity index (χ4n) is 3.25. The van der Waals surface area contributed by atoms with Crippen LogP contribution in [0.25, 0.3) is 0 Å². The molecule has 0 saturated heterocycles. The van der Waals surface area contributed by atoms with Crippen LogP contribution in [0.4, 0.5) is 5.69 Å². The van der Waals surface area contributed by atoms with Gasteiger partial charge in [-0.3, -0.25) is 13.9 Å². The number of carbonyl (C=O) groups is 2. The van der Waals surface area contributed by atoms with E-state index in [0.29, 0.717) is 11.4 Å². The largest absolute Gasteiger partial charge is 0.497 e. The smallest absolute Gasteiger partial charge is 0.244 e. The van der Waals surface area contributed by atoms with Crippen LogP contribution in [0, 0.1) is 13.8 Å². The molecule has 2 aromatic carbocycles. The first-order valence-corrected chi connectivity index (χ1v) is 12.0. The number of hydrogen-bond acceptors (Lipinski definition) is 5. The first kappa shape index (κ1) is 25.2. The third-order valence-corrected chi connectivity index (χ3v) is 6.50. The van der Waals surface area contributed by atoms with E-state index in [2.05, 4.69) is 5.32 Å². The van der Waals surface area contributed by atoms with Crippen LogP contribution in [0.15, 0.2) is 42.5 Å². The van der Waals surface area contributed by atoms with E-state index in [1.54, 1.807) is 44.4 Å². The number of nitrogens with one attached hydrogen (secondary N) is 1. The van der Waals surface area contributed by atoms with Crippen molar-refractivity contribution in [3.05, 3.63) is 59.2 Å². The fourth-order valence-corrected chi connectivity index (χ4v) is 4.09. The van der Waals surface area contributed by atoms with Crippen molar-refractivity contribution in [2.24, 2.45) is 0 Å². The van der Waals surface area contributed by atoms with Crippen molar-refractivity contribution >= 4 is 27.5 Å². The van der Waals surface area contributed by atoms with Gasteiger partial charge in [-0.15, -0.1) is 0 Å². The van der Waals surface area contributed by atoms with E-state index in [9.17, 15) is 18.0 Å². The van der Waals surface area contributed by atoms with Gasteiger partial charge in [-0.2, -0.15) is 0 Å². The monoisotopic (exact) mass is 461 g/mol. The summed E-state index contributed by atoms with van der Waals surface area (Å²) in [6.45, 7) is 5.11. The maximum Gasteiger partial charge on any atom is 0.244 e. The highest BCUT2D eigenvalue weighted by Gasteiger charge is 2.29. The Morgan fingerprint density at radius 1 is 1.09 bits per heavy atom. The number of nitrogens with zero attached hydrogens (tertiary/aromatic N) is 2. The number of carbonyl (C=O) groups excluding carboxylic acids is 2. The number of likely N-dealkylation sites (N-methyl/N-ethyl adjacent to an activating group) is 1. The minimum absolute atomic E-state index is 0.120. The van der Waals surface area contributed by atoms with Crippen LogP contribution >= 0.6 is 0 Å². The van der Waals surface area contributed by atoms with Crippen LogP contribution < -0.4 is 14.4 Å². The van der Waals surface area contributed by atoms with Gasteiger partial charge in [0.15, 0.2) is 0 Å². The highest BCUT2D eigenvalue weighted by Crippen LogP contribution is 2.22. The molecule has 2 aromatic rings. The molecular weight excluding hydrogens is 430 g/mol. The molecule has 8 nitrogen and oxygen atoms in total. The predicted molar refractivity (Wildman–Crippen MR) is 125 cm³/mol. The molecule has 174 valence electrons. The summed E-state index contributed by atoms with van der Waals surface area (Å²) in [5.41, 5.74) is 3.08. The number of methoxy groups -OCH3 is 1. The van der Waals surface area contributed by atoms with E-state index in [0.717, 1.165) is 27.3 Å². The van der Waals surface area contributed by atoms with E-state index >= 15 is 0 Å². The standard InChI is InChI=1S/C23H31N3O5S/c1-16-10-11-20(12-17(16)2)26(32(6,29)30)15-22(27)25(18(3)23(28)24-4)14-19-8-7-9-21(13-19)31-5/h7-13,18H,14-15H2,1-6H3,(H,24,28). The average molecular weight is 462 g/mol. The van der Waals surface area contributed by atoms with Gasteiger partial charge in [0, 0.05) is 13.6 Å². The Bertz CT molecular complexity index is 1080. The molecule has 0 spiro atoms. The highest BCUT2D eigenvalue weighted by molar-refractivity contribution is 7.92. The third-order valence-electron chi connectivity index (χ3n) is 5.36. The van der Waals surface area contributed by atoms with E-state index in [4.69, 9.17) is 4.74 Å². The molecule has 32 heavy (non-hydrogen) atoms. The molecule has 0 aliphatic carbocycles. The Morgan fingerprint density at radius 2 is 1.78 bits per heavy atom. The average Bonchev–Trinajstić information content (AvgIpc) is 2.75. The lowest BCUT2D eigenvalue weighted by molar-refractivity contribution is -0.139. The lowest BCUT2D eigenvalue weighted by Gasteiger charge is -2.31. The molecule has 0 radical (unpaired) electrons. The van der Waals surface area contributed by atoms with Gasteiger partial charge in [-0.25, -0.2) is 8.42 Å². The number of benzene rings is 2. The van der Waals surface area contributed by atoms with Gasteiger partial charge in [-0.1, -0.05) is 18.2 Å². The zero-order chi connectivity index (χ0) is 24.1. The van der Waals surface area contributed by atoms with E-state index < -0.39 is 28.5 Å². The molecule has 0 aromatic heterocycles. The minimum Gasteiger partial charge on any atom is -0.497 e. The zero-order valence-corrected chi connectivity index (χ0v) is 20.2. The van der Waals surface area contributed by atoms with Gasteiger partial charge < -0.3 is 15.0 Å². The van der Waals surface area contributed by atoms with Gasteiger partial charge >= 0.3 is 0 Å². The number of rotatable bonds is 9. The SMILES string of the molecule is CNC(=O)C(C)N(Cc1cccc(OC)c1)C(=O)CN(c1ccc(C)c(C)c1)S(C)(=O)=O. The molecule has 0 heterocycles. The summed E-state index contributed by atoms with van der Waals surface area (Å²) in [6, 6.07) is 11.6. The summed E-state index contributed by atoms with van der Waals surface area (Å²) in [4.78, 5) is 27.1. The summed E-state index contributed by atoms with van der Waals surface area (Å²) < 4.78 is 31.4. The molecule has 0 fully saturated rings. The number of amides is 2. The number of aryl methyl sites for hydroxylation is 2. The number of sulfonamides is 1. The Kier molecular flexibility index (Phi) is 8.26. The van der Waals surface area contributed by atoms with Crippen LogP contribution in [0.5, 0.6) is 5.75 Å². The molecule has 2 rings (SSSR count). The molecular formula is C23H31N3O5S. The highest BCUT2D eigenvalue weighted by atomic mass is 32.2. The lowest BCUT2D eigenvalue weighted by atomic mass is 10.1. The first-order chi connectivity index (χ1) is 15.0. The number of hydrogen-bond donors (Lipinski definition) is 1. The maximum absolute atomic E-state index is 13.4. The number of anilines is 1. The van der Waals surface area contributed by atoms with Gasteiger partial charge in [-0.05, 0) is 61.7 Å². The fraction of sp³-hybridized carbons (Fsp3) is 0.391. The third kappa shape index (κ3) is 6.23. The Balaban J connectivity index is 2.41. The summed E-state index contributed by atoms with van der Waals surface area (Å²) in [7, 11) is -0.711. The van der Waals surface area contributed by atoms with Crippen molar-refractivity contribution in [3.8, 4) is 5.75 Å². The van der Waals surface area contributed by atoms with Crippen molar-refractivity contribution in [1.29, 1.82) is 0 Å². The molecule has 1 unspecified atom stereocenters. The van der Waals surface area contributed by atoms with E-state index in [1.807, 2.05) is 26.0 Å². The maximum atomic E-state index is 13.4. The van der Waals surface area contributed by atoms with E-state index in [1.165, 1.54) is 11.9 Å². The second kappa shape index (κ2) is 10.5. The van der Waals surface area contributed by atoms with Crippen LogP contribution in [-0.4, -0.2) is 58.1 Å². The van der Waals surface area contributed by atoms with Crippen LogP contribution in [0.2, 0.25) is 0 Å². The van der Waals surface area contributed by atoms with Gasteiger partial charge in [0.1, 0.15) is 18.3 Å². The second-order valence-electron chi connectivity index (χ2n) is 7.70. The van der Waals surface area contributed by atoms with Crippen molar-refractivity contribution in [2.45, 2.75) is 33.4 Å². The van der Waals surface area contributed by atoms with Crippen molar-refractivity contribution in [1.82, 2.24) is 10.2 Å². The molecule has 0 bridgehead atoms. The quantitative estimate of drug-likeness (QED) is 0.618. The second-order valence-corrected chi connectivity index (χ2v) is 9.61. The normalized spacial score (nSPS) is 12.1. The summed E-state index contributed by atoms with van der Waals surface area (Å²) in [6.07, 6.45) is 1.06. The molecule has 1 atom stereocenters. The van der Waals surface area contributed by atoms with Crippen molar-refractivity contribution in [3.63, 3.8) is 0 Å². The summed E-state index contributed by atoms with van der Waals surface area (Å²) >= 11 is 0. The molecule has 2 amide bonds. The number of ether oxygens (including phenoxy) is 1. The van der Waals surface area contributed by atoms with Crippen molar-refractivity contribution in [2.75, 3.05) is 31.3 Å². The lowest BCUT2D eigenvalue weighted by Crippen LogP contribution is -2.50. The van der Waals surface area contributed by atoms with Crippen LogP contribution in [-0.2, 0) is 26.2 Å². The topological polar surface area (TPSA) is 96.0 Å². The van der Waals surface area contributed by atoms with Crippen LogP contribution in [0.3, 0.4) is 0 Å².